The van der Waals surface area contributed by atoms with Crippen molar-refractivity contribution in [3.63, 3.8) is 0 Å². The number of nitrogens with zero attached hydrogens (tertiary/aromatic N) is 1. The van der Waals surface area contributed by atoms with Crippen molar-refractivity contribution in [2.75, 3.05) is 13.1 Å². The molecule has 1 aromatic carbocycles. The molecule has 18 heavy (non-hydrogen) atoms. The van der Waals surface area contributed by atoms with Crippen molar-refractivity contribution in [2.24, 2.45) is 5.41 Å². The first kappa shape index (κ1) is 13.4. The van der Waals surface area contributed by atoms with Crippen molar-refractivity contribution in [3.8, 4) is 5.75 Å². The van der Waals surface area contributed by atoms with Gasteiger partial charge >= 0.3 is 0 Å². The van der Waals surface area contributed by atoms with Gasteiger partial charge in [-0.1, -0.05) is 38.5 Å². The van der Waals surface area contributed by atoms with Gasteiger partial charge in [0, 0.05) is 12.1 Å². The summed E-state index contributed by atoms with van der Waals surface area (Å²) in [7, 11) is 0. The summed E-state index contributed by atoms with van der Waals surface area (Å²) in [4.78, 5) is 2.46. The van der Waals surface area contributed by atoms with E-state index in [1.54, 1.807) is 0 Å². The fraction of sp³-hybridized carbons (Fsp3) is 0.625. The molecule has 2 heteroatoms. The summed E-state index contributed by atoms with van der Waals surface area (Å²) < 4.78 is 0. The second-order valence-corrected chi connectivity index (χ2v) is 6.02. The first-order valence-electron chi connectivity index (χ1n) is 7.04. The molecule has 2 rings (SSSR count). The molecule has 1 fully saturated rings. The van der Waals surface area contributed by atoms with Crippen molar-refractivity contribution < 1.29 is 5.11 Å². The van der Waals surface area contributed by atoms with Crippen LogP contribution in [-0.2, 0) is 6.54 Å². The average molecular weight is 247 g/mol. The number of para-hydroxylation sites is 1. The number of rotatable bonds is 3. The van der Waals surface area contributed by atoms with Gasteiger partial charge in [0.05, 0.1) is 0 Å². The number of hydrogen-bond donors (Lipinski definition) is 1. The van der Waals surface area contributed by atoms with E-state index in [9.17, 15) is 5.11 Å². The molecular formula is C16H25NO. The van der Waals surface area contributed by atoms with Crippen LogP contribution in [0.2, 0.25) is 0 Å². The Morgan fingerprint density at radius 3 is 2.56 bits per heavy atom. The van der Waals surface area contributed by atoms with Crippen molar-refractivity contribution in [2.45, 2.75) is 46.6 Å². The molecule has 100 valence electrons. The van der Waals surface area contributed by atoms with Gasteiger partial charge in [0.1, 0.15) is 5.75 Å². The first-order valence-corrected chi connectivity index (χ1v) is 7.04. The maximum Gasteiger partial charge on any atom is 0.122 e. The average Bonchev–Trinajstić information content (AvgIpc) is 2.38. The molecule has 0 aliphatic carbocycles. The second kappa shape index (κ2) is 5.31. The Morgan fingerprint density at radius 2 is 1.94 bits per heavy atom. The van der Waals surface area contributed by atoms with E-state index in [-0.39, 0.29) is 0 Å². The summed E-state index contributed by atoms with van der Waals surface area (Å²) in [5.41, 5.74) is 2.57. The number of phenols is 1. The normalized spacial score (nSPS) is 19.9. The van der Waals surface area contributed by atoms with Crippen LogP contribution < -0.4 is 0 Å². The Balaban J connectivity index is 1.98. The lowest BCUT2D eigenvalue weighted by molar-refractivity contribution is 0.109. The SMILES string of the molecule is CCC1(C)CCN(Cc2cccc(C)c2O)CC1. The lowest BCUT2D eigenvalue weighted by atomic mass is 9.78. The summed E-state index contributed by atoms with van der Waals surface area (Å²) in [5, 5.41) is 10.1. The molecule has 1 saturated heterocycles. The largest absolute Gasteiger partial charge is 0.507 e. The third kappa shape index (κ3) is 2.86. The van der Waals surface area contributed by atoms with Crippen LogP contribution in [0.3, 0.4) is 0 Å². The molecule has 1 aliphatic rings. The number of benzene rings is 1. The van der Waals surface area contributed by atoms with Crippen LogP contribution >= 0.6 is 0 Å². The second-order valence-electron chi connectivity index (χ2n) is 6.02. The van der Waals surface area contributed by atoms with E-state index in [2.05, 4.69) is 18.7 Å². The molecule has 1 heterocycles. The number of phenolic OH excluding ortho intramolecular Hbond substituents is 1. The van der Waals surface area contributed by atoms with E-state index < -0.39 is 0 Å². The summed E-state index contributed by atoms with van der Waals surface area (Å²) in [6.45, 7) is 9.84. The quantitative estimate of drug-likeness (QED) is 0.880. The van der Waals surface area contributed by atoms with E-state index in [4.69, 9.17) is 0 Å². The van der Waals surface area contributed by atoms with Crippen LogP contribution in [0, 0.1) is 12.3 Å². The third-order valence-corrected chi connectivity index (χ3v) is 4.63. The molecule has 2 nitrogen and oxygen atoms in total. The molecule has 0 atom stereocenters. The van der Waals surface area contributed by atoms with Gasteiger partial charge in [-0.25, -0.2) is 0 Å². The Bertz CT molecular complexity index is 406. The van der Waals surface area contributed by atoms with Gasteiger partial charge in [-0.15, -0.1) is 0 Å². The third-order valence-electron chi connectivity index (χ3n) is 4.63. The molecule has 0 bridgehead atoms. The smallest absolute Gasteiger partial charge is 0.122 e. The van der Waals surface area contributed by atoms with Gasteiger partial charge < -0.3 is 5.11 Å². The van der Waals surface area contributed by atoms with Crippen LogP contribution in [0.1, 0.15) is 44.2 Å². The highest BCUT2D eigenvalue weighted by Gasteiger charge is 2.28. The number of aryl methyl sites for hydroxylation is 1. The summed E-state index contributed by atoms with van der Waals surface area (Å²) in [5.74, 6) is 0.473. The topological polar surface area (TPSA) is 23.5 Å². The van der Waals surface area contributed by atoms with Crippen LogP contribution in [0.4, 0.5) is 0 Å². The summed E-state index contributed by atoms with van der Waals surface area (Å²) in [6, 6.07) is 6.03. The number of likely N-dealkylation sites (tertiary alicyclic amines) is 1. The monoisotopic (exact) mass is 247 g/mol. The maximum absolute atomic E-state index is 10.1. The number of piperidine rings is 1. The lowest BCUT2D eigenvalue weighted by Gasteiger charge is -2.39. The highest BCUT2D eigenvalue weighted by molar-refractivity contribution is 5.39. The Hall–Kier alpha value is -1.02. The Kier molecular flexibility index (Phi) is 3.96. The molecule has 0 spiro atoms. The van der Waals surface area contributed by atoms with Crippen molar-refractivity contribution in [1.82, 2.24) is 4.90 Å². The number of aromatic hydroxyl groups is 1. The van der Waals surface area contributed by atoms with Crippen molar-refractivity contribution >= 4 is 0 Å². The van der Waals surface area contributed by atoms with Gasteiger partial charge in [0.25, 0.3) is 0 Å². The van der Waals surface area contributed by atoms with Gasteiger partial charge in [0.2, 0.25) is 0 Å². The fourth-order valence-electron chi connectivity index (χ4n) is 2.69. The highest BCUT2D eigenvalue weighted by atomic mass is 16.3. The van der Waals surface area contributed by atoms with Crippen LogP contribution in [0.15, 0.2) is 18.2 Å². The molecule has 0 radical (unpaired) electrons. The Morgan fingerprint density at radius 1 is 1.28 bits per heavy atom. The molecular weight excluding hydrogens is 222 g/mol. The molecule has 1 aromatic rings. The maximum atomic E-state index is 10.1. The molecule has 1 aliphatic heterocycles. The molecule has 0 saturated carbocycles. The predicted molar refractivity (Wildman–Crippen MR) is 75.8 cm³/mol. The van der Waals surface area contributed by atoms with Crippen molar-refractivity contribution in [1.29, 1.82) is 0 Å². The van der Waals surface area contributed by atoms with E-state index in [0.717, 1.165) is 30.8 Å². The van der Waals surface area contributed by atoms with Gasteiger partial charge in [-0.2, -0.15) is 0 Å². The zero-order valence-electron chi connectivity index (χ0n) is 11.9. The summed E-state index contributed by atoms with van der Waals surface area (Å²) >= 11 is 0. The van der Waals surface area contributed by atoms with Gasteiger partial charge in [-0.3, -0.25) is 4.90 Å². The van der Waals surface area contributed by atoms with Crippen LogP contribution in [-0.4, -0.2) is 23.1 Å². The Labute approximate surface area is 111 Å². The van der Waals surface area contributed by atoms with Crippen LogP contribution in [0.5, 0.6) is 5.75 Å². The minimum Gasteiger partial charge on any atom is -0.507 e. The van der Waals surface area contributed by atoms with E-state index >= 15 is 0 Å². The van der Waals surface area contributed by atoms with E-state index in [0.29, 0.717) is 11.2 Å². The summed E-state index contributed by atoms with van der Waals surface area (Å²) in [6.07, 6.45) is 3.82. The molecule has 0 unspecified atom stereocenters. The van der Waals surface area contributed by atoms with E-state index in [1.807, 2.05) is 25.1 Å². The van der Waals surface area contributed by atoms with E-state index in [1.165, 1.54) is 19.3 Å². The van der Waals surface area contributed by atoms with Gasteiger partial charge in [0.15, 0.2) is 0 Å². The van der Waals surface area contributed by atoms with Gasteiger partial charge in [-0.05, 0) is 43.8 Å². The fourth-order valence-corrected chi connectivity index (χ4v) is 2.69. The predicted octanol–water partition coefficient (Wildman–Crippen LogP) is 3.71. The minimum atomic E-state index is 0.473. The van der Waals surface area contributed by atoms with Crippen LogP contribution in [0.25, 0.3) is 0 Å². The molecule has 1 N–H and O–H groups in total. The lowest BCUT2D eigenvalue weighted by Crippen LogP contribution is -2.37. The molecule has 0 amide bonds. The number of hydrogen-bond acceptors (Lipinski definition) is 2. The zero-order valence-corrected chi connectivity index (χ0v) is 11.9. The first-order chi connectivity index (χ1) is 8.54. The molecule has 0 aromatic heterocycles. The zero-order chi connectivity index (χ0) is 13.2. The minimum absolute atomic E-state index is 0.473. The van der Waals surface area contributed by atoms with Crippen molar-refractivity contribution in [3.05, 3.63) is 29.3 Å². The highest BCUT2D eigenvalue weighted by Crippen LogP contribution is 2.35. The standard InChI is InChI=1S/C16H25NO/c1-4-16(3)8-10-17(11-9-16)12-14-7-5-6-13(2)15(14)18/h5-7,18H,4,8-12H2,1-3H3.